The lowest BCUT2D eigenvalue weighted by molar-refractivity contribution is -0.158. The van der Waals surface area contributed by atoms with Gasteiger partial charge in [0.25, 0.3) is 0 Å². The molecule has 3 aliphatic rings. The number of benzene rings is 1. The molecule has 0 bridgehead atoms. The number of anilines is 2. The Balaban J connectivity index is 1.28. The first kappa shape index (κ1) is 29.6. The minimum atomic E-state index is -1.26. The molecule has 40 heavy (non-hydrogen) atoms. The Hall–Kier alpha value is -1.84. The fraction of sp³-hybridized carbons (Fsp3) is 0.621. The largest absolute Gasteiger partial charge is 0.481 e. The zero-order valence-corrected chi connectivity index (χ0v) is 25.7. The summed E-state index contributed by atoms with van der Waals surface area (Å²) in [5, 5.41) is 25.1. The van der Waals surface area contributed by atoms with Crippen molar-refractivity contribution >= 4 is 52.5 Å². The van der Waals surface area contributed by atoms with Gasteiger partial charge in [0.2, 0.25) is 5.95 Å². The molecule has 3 heterocycles. The van der Waals surface area contributed by atoms with E-state index in [-0.39, 0.29) is 11.1 Å². The number of likely N-dealkylation sites (tertiary alicyclic amines) is 1. The zero-order chi connectivity index (χ0) is 29.0. The minimum Gasteiger partial charge on any atom is -0.481 e. The standard InChI is InChI=1S/C29H38Cl3N5O3/c1-16(21-8-7-19(30)10-22(21)31)33-25-23(32)24(28(2,3)40)34-27(35-25)37-14-18(15-37)17-6-5-9-36(13-17)20-11-29(4,12-20)26(38)39/h7-8,10,16-18,20,40H,5-6,9,11-15H2,1-4H3,(H,38,39)(H,33,34,35)/t16-,17+,20?,29?/m1/s1. The summed E-state index contributed by atoms with van der Waals surface area (Å²) in [6.07, 6.45) is 3.79. The number of hydrogen-bond acceptors (Lipinski definition) is 7. The van der Waals surface area contributed by atoms with Crippen LogP contribution in [-0.4, -0.2) is 63.3 Å². The average molecular weight is 611 g/mol. The van der Waals surface area contributed by atoms with Crippen molar-refractivity contribution in [2.24, 2.45) is 17.3 Å². The number of nitrogens with zero attached hydrogens (tertiary/aromatic N) is 4. The molecule has 1 aromatic heterocycles. The third kappa shape index (κ3) is 5.88. The van der Waals surface area contributed by atoms with E-state index in [1.165, 1.54) is 6.42 Å². The van der Waals surface area contributed by atoms with Crippen LogP contribution in [0, 0.1) is 17.3 Å². The van der Waals surface area contributed by atoms with Gasteiger partial charge in [0.1, 0.15) is 10.6 Å². The molecule has 1 aliphatic carbocycles. The Morgan fingerprint density at radius 1 is 1.15 bits per heavy atom. The van der Waals surface area contributed by atoms with Gasteiger partial charge in [0.05, 0.1) is 17.2 Å². The number of piperidine rings is 1. The molecule has 0 unspecified atom stereocenters. The Bertz CT molecular complexity index is 1270. The second-order valence-electron chi connectivity index (χ2n) is 12.6. The van der Waals surface area contributed by atoms with E-state index in [4.69, 9.17) is 44.8 Å². The topological polar surface area (TPSA) is 102 Å². The van der Waals surface area contributed by atoms with Crippen molar-refractivity contribution in [3.05, 3.63) is 44.5 Å². The van der Waals surface area contributed by atoms with E-state index in [2.05, 4.69) is 15.1 Å². The number of nitrogens with one attached hydrogen (secondary N) is 1. The molecule has 3 fully saturated rings. The van der Waals surface area contributed by atoms with Crippen molar-refractivity contribution in [3.8, 4) is 0 Å². The van der Waals surface area contributed by atoms with Gasteiger partial charge in [-0.2, -0.15) is 4.98 Å². The van der Waals surface area contributed by atoms with Crippen molar-refractivity contribution < 1.29 is 15.0 Å². The molecular weight excluding hydrogens is 573 g/mol. The zero-order valence-electron chi connectivity index (χ0n) is 23.4. The van der Waals surface area contributed by atoms with Gasteiger partial charge in [-0.3, -0.25) is 4.79 Å². The first-order valence-electron chi connectivity index (χ1n) is 14.0. The number of hydrogen-bond donors (Lipinski definition) is 3. The molecule has 218 valence electrons. The van der Waals surface area contributed by atoms with Crippen LogP contribution in [0.2, 0.25) is 15.1 Å². The van der Waals surface area contributed by atoms with Gasteiger partial charge in [0.15, 0.2) is 5.82 Å². The second kappa shape index (κ2) is 11.1. The number of aliphatic carboxylic acids is 1. The summed E-state index contributed by atoms with van der Waals surface area (Å²) in [5.41, 5.74) is -0.604. The number of carboxylic acids is 1. The quantitative estimate of drug-likeness (QED) is 0.323. The van der Waals surface area contributed by atoms with Crippen LogP contribution in [0.15, 0.2) is 18.2 Å². The highest BCUT2D eigenvalue weighted by molar-refractivity contribution is 6.35. The highest BCUT2D eigenvalue weighted by Crippen LogP contribution is 2.45. The van der Waals surface area contributed by atoms with Gasteiger partial charge < -0.3 is 25.3 Å². The highest BCUT2D eigenvalue weighted by Gasteiger charge is 2.49. The fourth-order valence-electron chi connectivity index (χ4n) is 6.36. The van der Waals surface area contributed by atoms with Gasteiger partial charge in [0, 0.05) is 35.7 Å². The molecule has 3 N–H and O–H groups in total. The molecule has 1 saturated carbocycles. The van der Waals surface area contributed by atoms with Crippen molar-refractivity contribution in [2.75, 3.05) is 36.4 Å². The number of aliphatic hydroxyl groups is 1. The fourth-order valence-corrected chi connectivity index (χ4v) is 7.30. The van der Waals surface area contributed by atoms with Gasteiger partial charge >= 0.3 is 5.97 Å². The Morgan fingerprint density at radius 3 is 2.48 bits per heavy atom. The van der Waals surface area contributed by atoms with E-state index < -0.39 is 17.0 Å². The van der Waals surface area contributed by atoms with Crippen molar-refractivity contribution in [3.63, 3.8) is 0 Å². The summed E-state index contributed by atoms with van der Waals surface area (Å²) in [6.45, 7) is 10.9. The van der Waals surface area contributed by atoms with Crippen molar-refractivity contribution in [1.29, 1.82) is 0 Å². The Morgan fingerprint density at radius 2 is 1.85 bits per heavy atom. The maximum atomic E-state index is 11.5. The third-order valence-corrected chi connectivity index (χ3v) is 9.88. The van der Waals surface area contributed by atoms with Crippen LogP contribution < -0.4 is 10.2 Å². The molecule has 8 nitrogen and oxygen atoms in total. The van der Waals surface area contributed by atoms with Crippen LogP contribution in [0.4, 0.5) is 11.8 Å². The predicted molar refractivity (Wildman–Crippen MR) is 160 cm³/mol. The van der Waals surface area contributed by atoms with Crippen LogP contribution >= 0.6 is 34.8 Å². The van der Waals surface area contributed by atoms with E-state index in [1.54, 1.807) is 26.0 Å². The van der Waals surface area contributed by atoms with E-state index in [1.807, 2.05) is 19.9 Å². The van der Waals surface area contributed by atoms with Gasteiger partial charge in [-0.05, 0) is 89.5 Å². The lowest BCUT2D eigenvalue weighted by Gasteiger charge is -2.52. The van der Waals surface area contributed by atoms with Crippen LogP contribution in [0.25, 0.3) is 0 Å². The molecule has 0 spiro atoms. The molecule has 0 amide bonds. The molecule has 0 radical (unpaired) electrons. The van der Waals surface area contributed by atoms with Gasteiger partial charge in [-0.15, -0.1) is 0 Å². The summed E-state index contributed by atoms with van der Waals surface area (Å²) in [4.78, 5) is 25.7. The summed E-state index contributed by atoms with van der Waals surface area (Å²) >= 11 is 19.2. The molecule has 2 saturated heterocycles. The first-order chi connectivity index (χ1) is 18.7. The van der Waals surface area contributed by atoms with E-state index in [9.17, 15) is 15.0 Å². The van der Waals surface area contributed by atoms with Crippen LogP contribution in [0.5, 0.6) is 0 Å². The molecule has 11 heteroatoms. The van der Waals surface area contributed by atoms with E-state index >= 15 is 0 Å². The van der Waals surface area contributed by atoms with Crippen LogP contribution in [0.3, 0.4) is 0 Å². The van der Waals surface area contributed by atoms with Crippen LogP contribution in [0.1, 0.15) is 70.7 Å². The maximum Gasteiger partial charge on any atom is 0.309 e. The first-order valence-corrected chi connectivity index (χ1v) is 15.1. The lowest BCUT2D eigenvalue weighted by atomic mass is 9.65. The van der Waals surface area contributed by atoms with Gasteiger partial charge in [-0.1, -0.05) is 40.9 Å². The number of rotatable bonds is 8. The normalized spacial score (nSPS) is 26.6. The van der Waals surface area contributed by atoms with Crippen molar-refractivity contribution in [1.82, 2.24) is 14.9 Å². The monoisotopic (exact) mass is 609 g/mol. The molecule has 2 aromatic rings. The summed E-state index contributed by atoms with van der Waals surface area (Å²) in [6, 6.07) is 5.52. The molecular formula is C29H38Cl3N5O3. The number of carbonyl (C=O) groups is 1. The summed E-state index contributed by atoms with van der Waals surface area (Å²) < 4.78 is 0. The lowest BCUT2D eigenvalue weighted by Crippen LogP contribution is -2.58. The molecule has 5 rings (SSSR count). The predicted octanol–water partition coefficient (Wildman–Crippen LogP) is 6.24. The Labute approximate surface area is 251 Å². The second-order valence-corrected chi connectivity index (χ2v) is 13.8. The number of halogens is 3. The van der Waals surface area contributed by atoms with E-state index in [0.29, 0.717) is 45.4 Å². The number of carboxylic acid groups (broad SMARTS) is 1. The molecule has 2 atom stereocenters. The average Bonchev–Trinajstić information content (AvgIpc) is 2.82. The minimum absolute atomic E-state index is 0.216. The smallest absolute Gasteiger partial charge is 0.309 e. The maximum absolute atomic E-state index is 11.5. The Kier molecular flexibility index (Phi) is 8.23. The van der Waals surface area contributed by atoms with E-state index in [0.717, 1.165) is 51.0 Å². The molecule has 1 aromatic carbocycles. The van der Waals surface area contributed by atoms with Crippen molar-refractivity contribution in [2.45, 2.75) is 71.1 Å². The summed E-state index contributed by atoms with van der Waals surface area (Å²) in [7, 11) is 0. The third-order valence-electron chi connectivity index (χ3n) is 8.95. The summed E-state index contributed by atoms with van der Waals surface area (Å²) in [5.74, 6) is 1.38. The van der Waals surface area contributed by atoms with Crippen LogP contribution in [-0.2, 0) is 10.4 Å². The van der Waals surface area contributed by atoms with Gasteiger partial charge in [-0.25, -0.2) is 4.98 Å². The molecule has 2 aliphatic heterocycles. The highest BCUT2D eigenvalue weighted by atomic mass is 35.5. The number of aromatic nitrogens is 2. The SMILES string of the molecule is C[C@@H](Nc1nc(N2CC([C@H]3CCCN(C4CC(C)(C(=O)O)C4)C3)C2)nc(C(C)(C)O)c1Cl)c1ccc(Cl)cc1Cl.